The third-order valence-corrected chi connectivity index (χ3v) is 4.55. The third kappa shape index (κ3) is 3.74. The van der Waals surface area contributed by atoms with Gasteiger partial charge in [-0.1, -0.05) is 55.5 Å². The predicted molar refractivity (Wildman–Crippen MR) is 100 cm³/mol. The van der Waals surface area contributed by atoms with E-state index >= 15 is 0 Å². The second-order valence-corrected chi connectivity index (χ2v) is 6.32. The van der Waals surface area contributed by atoms with E-state index in [1.54, 1.807) is 4.90 Å². The first-order valence-electron chi connectivity index (χ1n) is 8.64. The molecule has 1 heterocycles. The molecule has 4 heteroatoms. The van der Waals surface area contributed by atoms with Crippen molar-refractivity contribution < 1.29 is 9.21 Å². The second-order valence-electron chi connectivity index (χ2n) is 6.32. The van der Waals surface area contributed by atoms with Gasteiger partial charge in [0.05, 0.1) is 0 Å². The van der Waals surface area contributed by atoms with Crippen molar-refractivity contribution in [2.75, 3.05) is 7.05 Å². The molecule has 4 nitrogen and oxygen atoms in total. The molecule has 25 heavy (non-hydrogen) atoms. The van der Waals surface area contributed by atoms with E-state index in [-0.39, 0.29) is 18.4 Å². The number of nitrogens with two attached hydrogens (primary N) is 1. The van der Waals surface area contributed by atoms with E-state index in [0.29, 0.717) is 6.54 Å². The summed E-state index contributed by atoms with van der Waals surface area (Å²) in [5.74, 6) is 0.969. The average molecular weight is 336 g/mol. The maximum Gasteiger partial charge on any atom is 0.224 e. The van der Waals surface area contributed by atoms with E-state index in [0.717, 1.165) is 34.3 Å². The van der Waals surface area contributed by atoms with Crippen molar-refractivity contribution in [3.63, 3.8) is 0 Å². The number of para-hydroxylation sites is 1. The molecule has 1 atom stereocenters. The van der Waals surface area contributed by atoms with E-state index in [1.165, 1.54) is 0 Å². The van der Waals surface area contributed by atoms with Crippen LogP contribution in [0.1, 0.15) is 36.3 Å². The zero-order chi connectivity index (χ0) is 17.8. The minimum atomic E-state index is -0.289. The van der Waals surface area contributed by atoms with Gasteiger partial charge >= 0.3 is 0 Å². The van der Waals surface area contributed by atoms with Gasteiger partial charge in [-0.05, 0) is 11.6 Å². The first-order chi connectivity index (χ1) is 12.1. The smallest absolute Gasteiger partial charge is 0.224 e. The highest BCUT2D eigenvalue weighted by molar-refractivity contribution is 5.83. The molecule has 1 amide bonds. The number of hydrogen-bond donors (Lipinski definition) is 1. The number of furan rings is 1. The lowest BCUT2D eigenvalue weighted by molar-refractivity contribution is -0.130. The van der Waals surface area contributed by atoms with Gasteiger partial charge < -0.3 is 15.1 Å². The fourth-order valence-corrected chi connectivity index (χ4v) is 3.10. The van der Waals surface area contributed by atoms with Crippen LogP contribution in [0.4, 0.5) is 0 Å². The van der Waals surface area contributed by atoms with Crippen molar-refractivity contribution in [3.05, 3.63) is 71.5 Å². The van der Waals surface area contributed by atoms with Crippen LogP contribution < -0.4 is 5.73 Å². The average Bonchev–Trinajstić information content (AvgIpc) is 3.00. The quantitative estimate of drug-likeness (QED) is 0.739. The van der Waals surface area contributed by atoms with Crippen LogP contribution in [-0.4, -0.2) is 17.9 Å². The number of nitrogens with zero attached hydrogens (tertiary/aromatic N) is 1. The molecule has 1 unspecified atom stereocenters. The lowest BCUT2D eigenvalue weighted by Crippen LogP contribution is -2.29. The van der Waals surface area contributed by atoms with Crippen molar-refractivity contribution in [2.45, 2.75) is 32.4 Å². The SMILES string of the molecule is CCc1oc2ccccc2c1CN(C)C(=O)CC(N)c1ccccc1. The molecule has 0 aliphatic rings. The number of benzene rings is 2. The van der Waals surface area contributed by atoms with Gasteiger partial charge in [-0.15, -0.1) is 0 Å². The van der Waals surface area contributed by atoms with Crippen LogP contribution in [0.3, 0.4) is 0 Å². The Bertz CT molecular complexity index is 855. The Balaban J connectivity index is 1.74. The number of hydrogen-bond acceptors (Lipinski definition) is 3. The molecule has 2 aromatic carbocycles. The highest BCUT2D eigenvalue weighted by Crippen LogP contribution is 2.27. The molecule has 1 aromatic heterocycles. The number of fused-ring (bicyclic) bond motifs is 1. The molecular formula is C21H24N2O2. The number of amides is 1. The van der Waals surface area contributed by atoms with Crippen LogP contribution in [0.25, 0.3) is 11.0 Å². The summed E-state index contributed by atoms with van der Waals surface area (Å²) < 4.78 is 5.92. The van der Waals surface area contributed by atoms with Crippen molar-refractivity contribution in [3.8, 4) is 0 Å². The maximum atomic E-state index is 12.6. The van der Waals surface area contributed by atoms with Gasteiger partial charge in [-0.25, -0.2) is 0 Å². The van der Waals surface area contributed by atoms with E-state index in [1.807, 2.05) is 61.6 Å². The fourth-order valence-electron chi connectivity index (χ4n) is 3.10. The monoisotopic (exact) mass is 336 g/mol. The summed E-state index contributed by atoms with van der Waals surface area (Å²) in [4.78, 5) is 14.3. The zero-order valence-corrected chi connectivity index (χ0v) is 14.7. The Kier molecular flexibility index (Phi) is 5.19. The van der Waals surface area contributed by atoms with Crippen molar-refractivity contribution in [1.82, 2.24) is 4.90 Å². The normalized spacial score (nSPS) is 12.3. The zero-order valence-electron chi connectivity index (χ0n) is 14.7. The van der Waals surface area contributed by atoms with Crippen LogP contribution in [0.5, 0.6) is 0 Å². The van der Waals surface area contributed by atoms with E-state index < -0.39 is 0 Å². The van der Waals surface area contributed by atoms with E-state index in [9.17, 15) is 4.79 Å². The standard InChI is InChI=1S/C21H24N2O2/c1-3-19-17(16-11-7-8-12-20(16)25-19)14-23(2)21(24)13-18(22)15-9-5-4-6-10-15/h4-12,18H,3,13-14,22H2,1-2H3. The minimum Gasteiger partial charge on any atom is -0.461 e. The maximum absolute atomic E-state index is 12.6. The highest BCUT2D eigenvalue weighted by Gasteiger charge is 2.19. The summed E-state index contributed by atoms with van der Waals surface area (Å²) in [7, 11) is 1.82. The first kappa shape index (κ1) is 17.2. The second kappa shape index (κ2) is 7.53. The van der Waals surface area contributed by atoms with E-state index in [2.05, 4.69) is 6.92 Å². The molecule has 3 aromatic rings. The Morgan fingerprint density at radius 3 is 2.52 bits per heavy atom. The molecule has 3 rings (SSSR count). The summed E-state index contributed by atoms with van der Waals surface area (Å²) in [6, 6.07) is 17.4. The largest absolute Gasteiger partial charge is 0.461 e. The summed E-state index contributed by atoms with van der Waals surface area (Å²) >= 11 is 0. The minimum absolute atomic E-state index is 0.0312. The molecule has 0 bridgehead atoms. The van der Waals surface area contributed by atoms with Crippen LogP contribution in [0.2, 0.25) is 0 Å². The van der Waals surface area contributed by atoms with Crippen LogP contribution in [-0.2, 0) is 17.8 Å². The molecule has 130 valence electrons. The summed E-state index contributed by atoms with van der Waals surface area (Å²) in [5, 5.41) is 1.08. The van der Waals surface area contributed by atoms with Crippen molar-refractivity contribution in [1.29, 1.82) is 0 Å². The Morgan fingerprint density at radius 1 is 1.12 bits per heavy atom. The summed E-state index contributed by atoms with van der Waals surface area (Å²) in [6.45, 7) is 2.59. The molecule has 0 radical (unpaired) electrons. The molecular weight excluding hydrogens is 312 g/mol. The molecule has 0 spiro atoms. The number of carbonyl (C=O) groups excluding carboxylic acids is 1. The summed E-state index contributed by atoms with van der Waals surface area (Å²) in [6.07, 6.45) is 1.09. The Hall–Kier alpha value is -2.59. The number of carbonyl (C=O) groups is 1. The number of aryl methyl sites for hydroxylation is 1. The van der Waals surface area contributed by atoms with Gasteiger partial charge in [0.25, 0.3) is 0 Å². The van der Waals surface area contributed by atoms with Gasteiger partial charge in [0.15, 0.2) is 0 Å². The fraction of sp³-hybridized carbons (Fsp3) is 0.286. The molecule has 0 saturated heterocycles. The van der Waals surface area contributed by atoms with Gasteiger partial charge in [0, 0.05) is 43.4 Å². The van der Waals surface area contributed by atoms with Crippen LogP contribution >= 0.6 is 0 Å². The molecule has 2 N–H and O–H groups in total. The van der Waals surface area contributed by atoms with Gasteiger partial charge in [0.2, 0.25) is 5.91 Å². The van der Waals surface area contributed by atoms with Crippen molar-refractivity contribution in [2.24, 2.45) is 5.73 Å². The number of rotatable bonds is 6. The van der Waals surface area contributed by atoms with E-state index in [4.69, 9.17) is 10.2 Å². The molecule has 0 aliphatic heterocycles. The molecule has 0 aliphatic carbocycles. The lowest BCUT2D eigenvalue weighted by Gasteiger charge is -2.20. The summed E-state index contributed by atoms with van der Waals surface area (Å²) in [5.41, 5.74) is 9.12. The topological polar surface area (TPSA) is 59.5 Å². The lowest BCUT2D eigenvalue weighted by atomic mass is 10.0. The first-order valence-corrected chi connectivity index (χ1v) is 8.64. The third-order valence-electron chi connectivity index (χ3n) is 4.55. The predicted octanol–water partition coefficient (Wildman–Crippen LogP) is 4.04. The Morgan fingerprint density at radius 2 is 1.80 bits per heavy atom. The Labute approximate surface area is 148 Å². The van der Waals surface area contributed by atoms with Gasteiger partial charge in [0.1, 0.15) is 11.3 Å². The van der Waals surface area contributed by atoms with Gasteiger partial charge in [-0.2, -0.15) is 0 Å². The van der Waals surface area contributed by atoms with Crippen molar-refractivity contribution >= 4 is 16.9 Å². The highest BCUT2D eigenvalue weighted by atomic mass is 16.3. The van der Waals surface area contributed by atoms with Crippen LogP contribution in [0.15, 0.2) is 59.0 Å². The van der Waals surface area contributed by atoms with Gasteiger partial charge in [-0.3, -0.25) is 4.79 Å². The molecule has 0 saturated carbocycles. The molecule has 0 fully saturated rings. The van der Waals surface area contributed by atoms with Crippen LogP contribution in [0, 0.1) is 0 Å².